The molecular weight excluding hydrogens is 400 g/mol. The summed E-state index contributed by atoms with van der Waals surface area (Å²) in [5.74, 6) is -0.316. The van der Waals surface area contributed by atoms with E-state index >= 15 is 0 Å². The van der Waals surface area contributed by atoms with Gasteiger partial charge >= 0.3 is 12.6 Å². The quantitative estimate of drug-likeness (QED) is 0.585. The Hall–Kier alpha value is -3.36. The molecule has 0 bridgehead atoms. The number of anilines is 1. The number of aryl methyl sites for hydroxylation is 1. The number of ether oxygens (including phenoxy) is 4. The maximum Gasteiger partial charge on any atom is 0.387 e. The third-order valence-corrected chi connectivity index (χ3v) is 4.10. The van der Waals surface area contributed by atoms with E-state index < -0.39 is 24.6 Å². The fourth-order valence-electron chi connectivity index (χ4n) is 2.60. The van der Waals surface area contributed by atoms with E-state index in [1.165, 1.54) is 39.3 Å². The maximum absolute atomic E-state index is 12.5. The molecule has 1 atom stereocenters. The molecule has 0 radical (unpaired) electrons. The van der Waals surface area contributed by atoms with Gasteiger partial charge in [0.25, 0.3) is 5.91 Å². The molecule has 2 aromatic rings. The minimum Gasteiger partial charge on any atom is -0.493 e. The highest BCUT2D eigenvalue weighted by atomic mass is 19.3. The number of benzene rings is 2. The molecule has 2 rings (SSSR count). The van der Waals surface area contributed by atoms with Crippen molar-refractivity contribution in [1.82, 2.24) is 0 Å². The number of hydrogen-bond donors (Lipinski definition) is 1. The molecule has 7 nitrogen and oxygen atoms in total. The number of carbonyl (C=O) groups is 2. The molecule has 0 aliphatic rings. The molecule has 0 heterocycles. The summed E-state index contributed by atoms with van der Waals surface area (Å²) < 4.78 is 44.8. The highest BCUT2D eigenvalue weighted by Gasteiger charge is 2.20. The molecule has 2 aromatic carbocycles. The molecule has 30 heavy (non-hydrogen) atoms. The molecule has 0 fully saturated rings. The Kier molecular flexibility index (Phi) is 8.40. The van der Waals surface area contributed by atoms with E-state index in [2.05, 4.69) is 10.1 Å². The van der Waals surface area contributed by atoms with Crippen LogP contribution in [0.15, 0.2) is 42.5 Å². The Labute approximate surface area is 172 Å². The van der Waals surface area contributed by atoms with Crippen molar-refractivity contribution in [2.45, 2.75) is 32.5 Å². The lowest BCUT2D eigenvalue weighted by atomic mass is 10.1. The molecule has 1 unspecified atom stereocenters. The molecule has 0 aromatic heterocycles. The van der Waals surface area contributed by atoms with Gasteiger partial charge in [-0.15, -0.1) is 0 Å². The van der Waals surface area contributed by atoms with Crippen molar-refractivity contribution in [2.24, 2.45) is 0 Å². The SMILES string of the molecule is COc1ccc(CCC(=O)OC(C)C(=O)Nc2ccccc2OC(F)F)cc1OC. The van der Waals surface area contributed by atoms with Crippen molar-refractivity contribution in [3.8, 4) is 17.2 Å². The van der Waals surface area contributed by atoms with Crippen LogP contribution in [0.2, 0.25) is 0 Å². The molecule has 0 saturated heterocycles. The molecule has 162 valence electrons. The maximum atomic E-state index is 12.5. The van der Waals surface area contributed by atoms with Gasteiger partial charge in [0.05, 0.1) is 19.9 Å². The average molecular weight is 423 g/mol. The number of rotatable bonds is 10. The number of alkyl halides is 2. The number of carbonyl (C=O) groups excluding carboxylic acids is 2. The molecule has 0 saturated carbocycles. The number of amides is 1. The van der Waals surface area contributed by atoms with Crippen LogP contribution in [0.1, 0.15) is 18.9 Å². The number of methoxy groups -OCH3 is 2. The van der Waals surface area contributed by atoms with Crippen molar-refractivity contribution in [2.75, 3.05) is 19.5 Å². The van der Waals surface area contributed by atoms with Gasteiger partial charge in [-0.25, -0.2) is 0 Å². The van der Waals surface area contributed by atoms with Crippen LogP contribution in [-0.4, -0.2) is 38.8 Å². The van der Waals surface area contributed by atoms with Gasteiger partial charge in [0, 0.05) is 6.42 Å². The zero-order valence-electron chi connectivity index (χ0n) is 16.8. The van der Waals surface area contributed by atoms with Crippen molar-refractivity contribution < 1.29 is 37.3 Å². The minimum atomic E-state index is -3.03. The molecular formula is C21H23F2NO6. The van der Waals surface area contributed by atoms with Gasteiger partial charge in [0.2, 0.25) is 0 Å². The highest BCUT2D eigenvalue weighted by Crippen LogP contribution is 2.28. The predicted octanol–water partition coefficient (Wildman–Crippen LogP) is 3.81. The largest absolute Gasteiger partial charge is 0.493 e. The topological polar surface area (TPSA) is 83.1 Å². The normalized spacial score (nSPS) is 11.5. The Morgan fingerprint density at radius 3 is 2.37 bits per heavy atom. The average Bonchev–Trinajstić information content (AvgIpc) is 2.72. The van der Waals surface area contributed by atoms with Crippen molar-refractivity contribution in [3.63, 3.8) is 0 Å². The van der Waals surface area contributed by atoms with E-state index in [1.807, 2.05) is 0 Å². The van der Waals surface area contributed by atoms with E-state index in [-0.39, 0.29) is 17.9 Å². The summed E-state index contributed by atoms with van der Waals surface area (Å²) in [6, 6.07) is 11.0. The molecule has 9 heteroatoms. The van der Waals surface area contributed by atoms with Crippen LogP contribution < -0.4 is 19.5 Å². The van der Waals surface area contributed by atoms with Crippen molar-refractivity contribution in [1.29, 1.82) is 0 Å². The molecule has 0 spiro atoms. The van der Waals surface area contributed by atoms with Crippen LogP contribution in [0.3, 0.4) is 0 Å². The Balaban J connectivity index is 1.89. The number of esters is 1. The van der Waals surface area contributed by atoms with Crippen molar-refractivity contribution >= 4 is 17.6 Å². The summed E-state index contributed by atoms with van der Waals surface area (Å²) in [4.78, 5) is 24.3. The van der Waals surface area contributed by atoms with Gasteiger partial charge in [-0.2, -0.15) is 8.78 Å². The summed E-state index contributed by atoms with van der Waals surface area (Å²) in [5, 5.41) is 2.42. The first-order valence-electron chi connectivity index (χ1n) is 9.09. The first kappa shape index (κ1) is 22.9. The standard InChI is InChI=1S/C21H23F2NO6/c1-13(20(26)24-15-6-4-5-7-16(15)30-21(22)23)29-19(25)11-9-14-8-10-17(27-2)18(12-14)28-3/h4-8,10,12-13,21H,9,11H2,1-3H3,(H,24,26). The summed E-state index contributed by atoms with van der Waals surface area (Å²) in [6.45, 7) is -1.64. The number of halogens is 2. The number of para-hydroxylation sites is 2. The monoisotopic (exact) mass is 423 g/mol. The van der Waals surface area contributed by atoms with Gasteiger partial charge in [-0.1, -0.05) is 18.2 Å². The van der Waals surface area contributed by atoms with Gasteiger partial charge in [0.15, 0.2) is 17.6 Å². The van der Waals surface area contributed by atoms with E-state index in [0.717, 1.165) is 5.56 Å². The molecule has 1 amide bonds. The van der Waals surface area contributed by atoms with Gasteiger partial charge in [-0.3, -0.25) is 9.59 Å². The fourth-order valence-corrected chi connectivity index (χ4v) is 2.60. The third-order valence-electron chi connectivity index (χ3n) is 4.10. The van der Waals surface area contributed by atoms with Crippen LogP contribution in [0.4, 0.5) is 14.5 Å². The van der Waals surface area contributed by atoms with Crippen molar-refractivity contribution in [3.05, 3.63) is 48.0 Å². The van der Waals surface area contributed by atoms with E-state index in [4.69, 9.17) is 14.2 Å². The molecule has 1 N–H and O–H groups in total. The summed E-state index contributed by atoms with van der Waals surface area (Å²) in [6.07, 6.45) is -0.709. The second-order valence-electron chi connectivity index (χ2n) is 6.19. The fraction of sp³-hybridized carbons (Fsp3) is 0.333. The Morgan fingerprint density at radius 2 is 1.70 bits per heavy atom. The zero-order valence-corrected chi connectivity index (χ0v) is 16.8. The third kappa shape index (κ3) is 6.61. The molecule has 0 aliphatic heterocycles. The van der Waals surface area contributed by atoms with Gasteiger partial charge in [-0.05, 0) is 43.2 Å². The first-order valence-corrected chi connectivity index (χ1v) is 9.09. The summed E-state index contributed by atoms with van der Waals surface area (Å²) in [5.41, 5.74) is 0.885. The number of nitrogens with one attached hydrogen (secondary N) is 1. The highest BCUT2D eigenvalue weighted by molar-refractivity contribution is 5.96. The Morgan fingerprint density at radius 1 is 1.00 bits per heavy atom. The molecule has 0 aliphatic carbocycles. The lowest BCUT2D eigenvalue weighted by Crippen LogP contribution is -2.30. The second-order valence-corrected chi connectivity index (χ2v) is 6.19. The van der Waals surface area contributed by atoms with Gasteiger partial charge < -0.3 is 24.3 Å². The van der Waals surface area contributed by atoms with Crippen LogP contribution in [0.25, 0.3) is 0 Å². The van der Waals surface area contributed by atoms with E-state index in [0.29, 0.717) is 17.9 Å². The zero-order chi connectivity index (χ0) is 22.1. The number of hydrogen-bond acceptors (Lipinski definition) is 6. The van der Waals surface area contributed by atoms with E-state index in [1.54, 1.807) is 24.3 Å². The second kappa shape index (κ2) is 11.0. The van der Waals surface area contributed by atoms with Gasteiger partial charge in [0.1, 0.15) is 5.75 Å². The van der Waals surface area contributed by atoms with Crippen LogP contribution >= 0.6 is 0 Å². The Bertz CT molecular complexity index is 874. The van der Waals surface area contributed by atoms with Crippen LogP contribution in [0, 0.1) is 0 Å². The lowest BCUT2D eigenvalue weighted by Gasteiger charge is -2.16. The minimum absolute atomic E-state index is 0.0399. The predicted molar refractivity (Wildman–Crippen MR) is 105 cm³/mol. The summed E-state index contributed by atoms with van der Waals surface area (Å²) >= 11 is 0. The summed E-state index contributed by atoms with van der Waals surface area (Å²) in [7, 11) is 3.04. The smallest absolute Gasteiger partial charge is 0.387 e. The van der Waals surface area contributed by atoms with Crippen LogP contribution in [-0.2, 0) is 20.7 Å². The van der Waals surface area contributed by atoms with Crippen LogP contribution in [0.5, 0.6) is 17.2 Å². The first-order chi connectivity index (χ1) is 14.3. The lowest BCUT2D eigenvalue weighted by molar-refractivity contribution is -0.153. The van der Waals surface area contributed by atoms with E-state index in [9.17, 15) is 18.4 Å².